The van der Waals surface area contributed by atoms with Crippen molar-refractivity contribution in [3.8, 4) is 10.6 Å². The monoisotopic (exact) mass is 243 g/mol. The molecule has 0 saturated heterocycles. The number of nitrogens with two attached hydrogens (primary N) is 1. The van der Waals surface area contributed by atoms with Gasteiger partial charge in [0.2, 0.25) is 0 Å². The number of rotatable bonds is 1. The van der Waals surface area contributed by atoms with E-state index in [1.165, 1.54) is 20.5 Å². The molecule has 3 aromatic rings. The van der Waals surface area contributed by atoms with Crippen molar-refractivity contribution in [2.24, 2.45) is 7.05 Å². The number of benzene rings is 1. The molecule has 0 unspecified atom stereocenters. The quantitative estimate of drug-likeness (QED) is 0.713. The third-order valence-electron chi connectivity index (χ3n) is 2.89. The fourth-order valence-corrected chi connectivity index (χ4v) is 3.23. The van der Waals surface area contributed by atoms with Gasteiger partial charge in [0.25, 0.3) is 0 Å². The van der Waals surface area contributed by atoms with E-state index in [9.17, 15) is 0 Å². The van der Waals surface area contributed by atoms with E-state index in [-0.39, 0.29) is 0 Å². The van der Waals surface area contributed by atoms with Crippen molar-refractivity contribution in [2.75, 3.05) is 5.73 Å². The second-order valence-electron chi connectivity index (χ2n) is 4.18. The lowest BCUT2D eigenvalue weighted by atomic mass is 10.2. The molecule has 3 nitrogen and oxygen atoms in total. The summed E-state index contributed by atoms with van der Waals surface area (Å²) in [6.45, 7) is 2.14. The molecule has 0 aliphatic heterocycles. The van der Waals surface area contributed by atoms with Gasteiger partial charge in [0.15, 0.2) is 0 Å². The molecule has 0 fully saturated rings. The Morgan fingerprint density at radius 1 is 1.29 bits per heavy atom. The second kappa shape index (κ2) is 3.60. The molecule has 1 aromatic carbocycles. The van der Waals surface area contributed by atoms with Crippen LogP contribution in [0.4, 0.5) is 5.82 Å². The summed E-state index contributed by atoms with van der Waals surface area (Å²) in [5, 5.41) is 5.46. The topological polar surface area (TPSA) is 43.8 Å². The molecule has 0 amide bonds. The van der Waals surface area contributed by atoms with Crippen LogP contribution in [0.3, 0.4) is 0 Å². The molecule has 0 radical (unpaired) electrons. The number of nitrogen functional groups attached to an aromatic ring is 1. The minimum atomic E-state index is 0.566. The molecule has 0 bridgehead atoms. The first-order chi connectivity index (χ1) is 8.15. The Morgan fingerprint density at radius 2 is 2.12 bits per heavy atom. The van der Waals surface area contributed by atoms with E-state index in [4.69, 9.17) is 5.73 Å². The van der Waals surface area contributed by atoms with Crippen molar-refractivity contribution in [1.82, 2.24) is 9.78 Å². The van der Waals surface area contributed by atoms with Crippen LogP contribution < -0.4 is 5.73 Å². The molecule has 0 aliphatic carbocycles. The number of fused-ring (bicyclic) bond motifs is 1. The minimum Gasteiger partial charge on any atom is -0.382 e. The number of anilines is 1. The maximum Gasteiger partial charge on any atom is 0.146 e. The third kappa shape index (κ3) is 1.61. The maximum atomic E-state index is 5.71. The van der Waals surface area contributed by atoms with Gasteiger partial charge < -0.3 is 5.73 Å². The SMILES string of the molecule is Cc1cccc2cc(-c3cc(N)nn3C)sc12. The summed E-state index contributed by atoms with van der Waals surface area (Å²) in [4.78, 5) is 1.21. The van der Waals surface area contributed by atoms with Gasteiger partial charge in [0.1, 0.15) is 5.82 Å². The van der Waals surface area contributed by atoms with Crippen LogP contribution in [0.15, 0.2) is 30.3 Å². The Bertz CT molecular complexity index is 694. The van der Waals surface area contributed by atoms with Gasteiger partial charge in [-0.3, -0.25) is 4.68 Å². The molecule has 0 aliphatic rings. The predicted octanol–water partition coefficient (Wildman–Crippen LogP) is 3.19. The van der Waals surface area contributed by atoms with Crippen molar-refractivity contribution in [3.63, 3.8) is 0 Å². The van der Waals surface area contributed by atoms with Crippen LogP contribution in [0.2, 0.25) is 0 Å². The van der Waals surface area contributed by atoms with Crippen molar-refractivity contribution in [2.45, 2.75) is 6.92 Å². The Hall–Kier alpha value is -1.81. The molecule has 2 N–H and O–H groups in total. The van der Waals surface area contributed by atoms with Crippen molar-refractivity contribution >= 4 is 27.2 Å². The molecule has 0 saturated carbocycles. The van der Waals surface area contributed by atoms with E-state index in [0.29, 0.717) is 5.82 Å². The van der Waals surface area contributed by atoms with Gasteiger partial charge in [-0.25, -0.2) is 0 Å². The minimum absolute atomic E-state index is 0.566. The Labute approximate surface area is 103 Å². The van der Waals surface area contributed by atoms with Crippen LogP contribution in [0.5, 0.6) is 0 Å². The van der Waals surface area contributed by atoms with Crippen LogP contribution in [0, 0.1) is 6.92 Å². The first-order valence-electron chi connectivity index (χ1n) is 5.44. The first-order valence-corrected chi connectivity index (χ1v) is 6.26. The van der Waals surface area contributed by atoms with Gasteiger partial charge in [-0.15, -0.1) is 11.3 Å². The second-order valence-corrected chi connectivity index (χ2v) is 5.23. The molecule has 86 valence electrons. The molecule has 2 aromatic heterocycles. The average Bonchev–Trinajstić information content (AvgIpc) is 2.82. The largest absolute Gasteiger partial charge is 0.382 e. The van der Waals surface area contributed by atoms with Gasteiger partial charge in [-0.1, -0.05) is 18.2 Å². The van der Waals surface area contributed by atoms with Gasteiger partial charge in [0.05, 0.1) is 10.6 Å². The van der Waals surface area contributed by atoms with Crippen LogP contribution in [0.25, 0.3) is 20.7 Å². The highest BCUT2D eigenvalue weighted by atomic mass is 32.1. The van der Waals surface area contributed by atoms with Crippen LogP contribution in [-0.4, -0.2) is 9.78 Å². The van der Waals surface area contributed by atoms with Gasteiger partial charge in [-0.05, 0) is 23.9 Å². The number of hydrogen-bond acceptors (Lipinski definition) is 3. The molecule has 0 spiro atoms. The average molecular weight is 243 g/mol. The van der Waals surface area contributed by atoms with E-state index >= 15 is 0 Å². The van der Waals surface area contributed by atoms with Crippen LogP contribution >= 0.6 is 11.3 Å². The van der Waals surface area contributed by atoms with E-state index in [1.54, 1.807) is 11.3 Å². The highest BCUT2D eigenvalue weighted by Crippen LogP contribution is 2.35. The molecule has 2 heterocycles. The predicted molar refractivity (Wildman–Crippen MR) is 73.2 cm³/mol. The van der Waals surface area contributed by atoms with Gasteiger partial charge in [-0.2, -0.15) is 5.10 Å². The molecule has 17 heavy (non-hydrogen) atoms. The fraction of sp³-hybridized carbons (Fsp3) is 0.154. The zero-order valence-corrected chi connectivity index (χ0v) is 10.6. The van der Waals surface area contributed by atoms with Crippen molar-refractivity contribution in [3.05, 3.63) is 35.9 Å². The lowest BCUT2D eigenvalue weighted by Gasteiger charge is -1.95. The first kappa shape index (κ1) is 10.4. The summed E-state index contributed by atoms with van der Waals surface area (Å²) < 4.78 is 3.16. The lowest BCUT2D eigenvalue weighted by Crippen LogP contribution is -1.93. The van der Waals surface area contributed by atoms with E-state index < -0.39 is 0 Å². The summed E-state index contributed by atoms with van der Waals surface area (Å²) in [7, 11) is 1.92. The number of hydrogen-bond donors (Lipinski definition) is 1. The number of aryl methyl sites for hydroxylation is 2. The number of aromatic nitrogens is 2. The Kier molecular flexibility index (Phi) is 2.19. The number of thiophene rings is 1. The van der Waals surface area contributed by atoms with Gasteiger partial charge in [0, 0.05) is 17.8 Å². The van der Waals surface area contributed by atoms with Crippen molar-refractivity contribution in [1.29, 1.82) is 0 Å². The standard InChI is InChI=1S/C13H13N3S/c1-8-4-3-5-9-6-11(17-13(8)9)10-7-12(14)15-16(10)2/h3-7H,1-2H3,(H2,14,15). The van der Waals surface area contributed by atoms with Gasteiger partial charge >= 0.3 is 0 Å². The Balaban J connectivity index is 2.25. The van der Waals surface area contributed by atoms with E-state index in [0.717, 1.165) is 5.69 Å². The summed E-state index contributed by atoms with van der Waals surface area (Å²) in [5.41, 5.74) is 8.10. The smallest absolute Gasteiger partial charge is 0.146 e. The summed E-state index contributed by atoms with van der Waals surface area (Å²) in [6.07, 6.45) is 0. The molecule has 4 heteroatoms. The normalized spacial score (nSPS) is 11.2. The zero-order chi connectivity index (χ0) is 12.0. The van der Waals surface area contributed by atoms with E-state index in [1.807, 2.05) is 17.8 Å². The molecular weight excluding hydrogens is 230 g/mol. The summed E-state index contributed by atoms with van der Waals surface area (Å²) >= 11 is 1.79. The third-order valence-corrected chi connectivity index (χ3v) is 4.20. The summed E-state index contributed by atoms with van der Waals surface area (Å²) in [6, 6.07) is 10.5. The molecule has 0 atom stereocenters. The van der Waals surface area contributed by atoms with E-state index in [2.05, 4.69) is 36.3 Å². The van der Waals surface area contributed by atoms with Crippen LogP contribution in [0.1, 0.15) is 5.56 Å². The maximum absolute atomic E-state index is 5.71. The number of nitrogens with zero attached hydrogens (tertiary/aromatic N) is 2. The summed E-state index contributed by atoms with van der Waals surface area (Å²) in [5.74, 6) is 0.566. The molecular formula is C13H13N3S. The highest BCUT2D eigenvalue weighted by Gasteiger charge is 2.10. The fourth-order valence-electron chi connectivity index (χ4n) is 2.06. The Morgan fingerprint density at radius 3 is 2.76 bits per heavy atom. The lowest BCUT2D eigenvalue weighted by molar-refractivity contribution is 0.782. The van der Waals surface area contributed by atoms with Crippen molar-refractivity contribution < 1.29 is 0 Å². The zero-order valence-electron chi connectivity index (χ0n) is 9.77. The molecule has 3 rings (SSSR count). The highest BCUT2D eigenvalue weighted by molar-refractivity contribution is 7.22. The van der Waals surface area contributed by atoms with Crippen LogP contribution in [-0.2, 0) is 7.05 Å².